The molecule has 0 bridgehead atoms. The molecule has 0 saturated heterocycles. The summed E-state index contributed by atoms with van der Waals surface area (Å²) in [6.45, 7) is 1.83. The zero-order chi connectivity index (χ0) is 19.8. The molecule has 0 spiro atoms. The number of ether oxygens (including phenoxy) is 2. The third-order valence-electron chi connectivity index (χ3n) is 4.40. The predicted octanol–water partition coefficient (Wildman–Crippen LogP) is 5.82. The first kappa shape index (κ1) is 23.0. The van der Waals surface area contributed by atoms with E-state index in [4.69, 9.17) is 21.1 Å². The minimum Gasteiger partial charge on any atom is -0.493 e. The molecule has 0 saturated carbocycles. The number of rotatable bonds is 9. The molecule has 0 amide bonds. The molecule has 3 aromatic carbocycles. The van der Waals surface area contributed by atoms with E-state index in [2.05, 4.69) is 5.32 Å². The fourth-order valence-electron chi connectivity index (χ4n) is 2.87. The molecular formula is C23H24Cl2FNO2. The molecule has 154 valence electrons. The quantitative estimate of drug-likeness (QED) is 0.429. The average molecular weight is 436 g/mol. The van der Waals surface area contributed by atoms with Crippen molar-refractivity contribution in [3.8, 4) is 11.5 Å². The van der Waals surface area contributed by atoms with Crippen LogP contribution in [0.25, 0.3) is 0 Å². The Morgan fingerprint density at radius 3 is 2.31 bits per heavy atom. The summed E-state index contributed by atoms with van der Waals surface area (Å²) in [5.74, 6) is 1.12. The Morgan fingerprint density at radius 2 is 1.62 bits per heavy atom. The second kappa shape index (κ2) is 11.7. The van der Waals surface area contributed by atoms with E-state index in [1.165, 1.54) is 17.7 Å². The summed E-state index contributed by atoms with van der Waals surface area (Å²) in [6.07, 6.45) is 0.910. The van der Waals surface area contributed by atoms with Crippen LogP contribution in [0.15, 0.2) is 66.7 Å². The molecule has 0 aromatic heterocycles. The molecule has 0 radical (unpaired) electrons. The van der Waals surface area contributed by atoms with Crippen molar-refractivity contribution in [1.29, 1.82) is 0 Å². The Morgan fingerprint density at radius 1 is 0.931 bits per heavy atom. The van der Waals surface area contributed by atoms with Crippen LogP contribution in [-0.4, -0.2) is 13.7 Å². The van der Waals surface area contributed by atoms with Gasteiger partial charge in [0.1, 0.15) is 12.4 Å². The lowest BCUT2D eigenvalue weighted by atomic mass is 10.1. The molecule has 29 heavy (non-hydrogen) atoms. The number of nitrogens with one attached hydrogen (secondary N) is 1. The van der Waals surface area contributed by atoms with E-state index in [0.29, 0.717) is 24.7 Å². The van der Waals surface area contributed by atoms with Gasteiger partial charge >= 0.3 is 0 Å². The van der Waals surface area contributed by atoms with Gasteiger partial charge < -0.3 is 14.8 Å². The van der Waals surface area contributed by atoms with E-state index in [1.54, 1.807) is 19.2 Å². The van der Waals surface area contributed by atoms with Crippen molar-refractivity contribution in [3.05, 3.63) is 94.3 Å². The Labute approximate surface area is 182 Å². The number of halogens is 3. The lowest BCUT2D eigenvalue weighted by molar-refractivity contribution is 0.280. The van der Waals surface area contributed by atoms with Gasteiger partial charge in [0.05, 0.1) is 7.11 Å². The molecular weight excluding hydrogens is 412 g/mol. The molecule has 6 heteroatoms. The highest BCUT2D eigenvalue weighted by atomic mass is 35.5. The molecule has 0 heterocycles. The number of benzene rings is 3. The maximum absolute atomic E-state index is 13.1. The van der Waals surface area contributed by atoms with E-state index in [9.17, 15) is 4.39 Å². The molecule has 0 aliphatic heterocycles. The summed E-state index contributed by atoms with van der Waals surface area (Å²) in [5, 5.41) is 4.19. The van der Waals surface area contributed by atoms with Crippen molar-refractivity contribution in [2.45, 2.75) is 19.6 Å². The van der Waals surface area contributed by atoms with Crippen molar-refractivity contribution in [2.75, 3.05) is 13.7 Å². The van der Waals surface area contributed by atoms with Crippen LogP contribution in [0.3, 0.4) is 0 Å². The van der Waals surface area contributed by atoms with E-state index < -0.39 is 0 Å². The standard InChI is InChI=1S/C23H23ClFNO2.ClH/c1-27-22-4-2-3-19(15-26-14-13-17-5-9-20(24)10-6-17)23(22)28-16-18-7-11-21(25)12-8-18;/h2-12,26H,13-16H2,1H3;1H. The lowest BCUT2D eigenvalue weighted by Crippen LogP contribution is -2.17. The zero-order valence-electron chi connectivity index (χ0n) is 16.2. The molecule has 0 unspecified atom stereocenters. The van der Waals surface area contributed by atoms with Gasteiger partial charge in [-0.1, -0.05) is 48.0 Å². The van der Waals surface area contributed by atoms with Gasteiger partial charge in [-0.25, -0.2) is 4.39 Å². The van der Waals surface area contributed by atoms with E-state index in [-0.39, 0.29) is 18.2 Å². The summed E-state index contributed by atoms with van der Waals surface area (Å²) < 4.78 is 24.5. The summed E-state index contributed by atoms with van der Waals surface area (Å²) in [7, 11) is 1.62. The number of hydrogen-bond donors (Lipinski definition) is 1. The van der Waals surface area contributed by atoms with Gasteiger partial charge in [0.25, 0.3) is 0 Å². The number of hydrogen-bond acceptors (Lipinski definition) is 3. The maximum atomic E-state index is 13.1. The minimum absolute atomic E-state index is 0. The first-order valence-electron chi connectivity index (χ1n) is 9.14. The summed E-state index contributed by atoms with van der Waals surface area (Å²) in [5.41, 5.74) is 3.14. The molecule has 0 aliphatic carbocycles. The smallest absolute Gasteiger partial charge is 0.166 e. The van der Waals surface area contributed by atoms with Gasteiger partial charge in [0.2, 0.25) is 0 Å². The van der Waals surface area contributed by atoms with Crippen LogP contribution in [-0.2, 0) is 19.6 Å². The number of methoxy groups -OCH3 is 1. The van der Waals surface area contributed by atoms with Gasteiger partial charge in [-0.3, -0.25) is 0 Å². The van der Waals surface area contributed by atoms with Crippen molar-refractivity contribution in [1.82, 2.24) is 5.32 Å². The van der Waals surface area contributed by atoms with Crippen LogP contribution in [0.2, 0.25) is 5.02 Å². The highest BCUT2D eigenvalue weighted by Crippen LogP contribution is 2.31. The normalized spacial score (nSPS) is 10.3. The van der Waals surface area contributed by atoms with Gasteiger partial charge in [0.15, 0.2) is 11.5 Å². The van der Waals surface area contributed by atoms with Crippen molar-refractivity contribution in [3.63, 3.8) is 0 Å². The minimum atomic E-state index is -0.258. The van der Waals surface area contributed by atoms with Crippen molar-refractivity contribution < 1.29 is 13.9 Å². The highest BCUT2D eigenvalue weighted by Gasteiger charge is 2.11. The topological polar surface area (TPSA) is 30.5 Å². The largest absolute Gasteiger partial charge is 0.493 e. The maximum Gasteiger partial charge on any atom is 0.166 e. The molecule has 0 aliphatic rings. The SMILES string of the molecule is COc1cccc(CNCCc2ccc(Cl)cc2)c1OCc1ccc(F)cc1.Cl. The fraction of sp³-hybridized carbons (Fsp3) is 0.217. The molecule has 3 rings (SSSR count). The first-order chi connectivity index (χ1) is 13.7. The van der Waals surface area contributed by atoms with Gasteiger partial charge in [-0.05, 0) is 54.4 Å². The van der Waals surface area contributed by atoms with Gasteiger partial charge in [-0.15, -0.1) is 12.4 Å². The predicted molar refractivity (Wildman–Crippen MR) is 118 cm³/mol. The van der Waals surface area contributed by atoms with Gasteiger partial charge in [0, 0.05) is 17.1 Å². The summed E-state index contributed by atoms with van der Waals surface area (Å²) >= 11 is 5.92. The van der Waals surface area contributed by atoms with E-state index >= 15 is 0 Å². The van der Waals surface area contributed by atoms with Gasteiger partial charge in [-0.2, -0.15) is 0 Å². The lowest BCUT2D eigenvalue weighted by Gasteiger charge is -2.16. The second-order valence-electron chi connectivity index (χ2n) is 6.42. The van der Waals surface area contributed by atoms with Crippen molar-refractivity contribution in [2.24, 2.45) is 0 Å². The third-order valence-corrected chi connectivity index (χ3v) is 4.65. The van der Waals surface area contributed by atoms with Crippen LogP contribution in [0.1, 0.15) is 16.7 Å². The third kappa shape index (κ3) is 6.93. The molecule has 0 atom stereocenters. The molecule has 1 N–H and O–H groups in total. The highest BCUT2D eigenvalue weighted by molar-refractivity contribution is 6.30. The summed E-state index contributed by atoms with van der Waals surface area (Å²) in [4.78, 5) is 0. The Balaban J connectivity index is 0.00000300. The van der Waals surface area contributed by atoms with Crippen LogP contribution in [0.5, 0.6) is 11.5 Å². The van der Waals surface area contributed by atoms with Crippen LogP contribution < -0.4 is 14.8 Å². The molecule has 3 aromatic rings. The Hall–Kier alpha value is -2.27. The Kier molecular flexibility index (Phi) is 9.26. The van der Waals surface area contributed by atoms with E-state index in [0.717, 1.165) is 29.1 Å². The number of para-hydroxylation sites is 1. The van der Waals surface area contributed by atoms with E-state index in [1.807, 2.05) is 42.5 Å². The zero-order valence-corrected chi connectivity index (χ0v) is 17.7. The second-order valence-corrected chi connectivity index (χ2v) is 6.85. The van der Waals surface area contributed by atoms with Crippen molar-refractivity contribution >= 4 is 24.0 Å². The van der Waals surface area contributed by atoms with Crippen LogP contribution >= 0.6 is 24.0 Å². The monoisotopic (exact) mass is 435 g/mol. The molecule has 0 fully saturated rings. The Bertz CT molecular complexity index is 886. The fourth-order valence-corrected chi connectivity index (χ4v) is 2.99. The van der Waals surface area contributed by atoms with Crippen LogP contribution in [0, 0.1) is 5.82 Å². The summed E-state index contributed by atoms with van der Waals surface area (Å²) in [6, 6.07) is 20.0. The van der Waals surface area contributed by atoms with Crippen LogP contribution in [0.4, 0.5) is 4.39 Å². The first-order valence-corrected chi connectivity index (χ1v) is 9.52. The average Bonchev–Trinajstić information content (AvgIpc) is 2.72. The molecule has 3 nitrogen and oxygen atoms in total.